The van der Waals surface area contributed by atoms with Crippen LogP contribution in [0.15, 0.2) is 24.4 Å². The molecule has 0 unspecified atom stereocenters. The normalized spacial score (nSPS) is 20.1. The summed E-state index contributed by atoms with van der Waals surface area (Å²) >= 11 is 2.15. The van der Waals surface area contributed by atoms with E-state index in [1.54, 1.807) is 13.3 Å². The van der Waals surface area contributed by atoms with Crippen LogP contribution in [0.2, 0.25) is 0 Å². The maximum Gasteiger partial charge on any atom is 0.119 e. The van der Waals surface area contributed by atoms with Crippen molar-refractivity contribution in [1.29, 1.82) is 0 Å². The summed E-state index contributed by atoms with van der Waals surface area (Å²) in [7, 11) is 1.64. The van der Waals surface area contributed by atoms with Crippen molar-refractivity contribution in [2.45, 2.75) is 69.3 Å². The van der Waals surface area contributed by atoms with Gasteiger partial charge in [-0.1, -0.05) is 12.8 Å². The molecule has 1 atom stereocenters. The van der Waals surface area contributed by atoms with E-state index in [9.17, 15) is 10.2 Å². The van der Waals surface area contributed by atoms with E-state index in [1.807, 2.05) is 18.2 Å². The predicted octanol–water partition coefficient (Wildman–Crippen LogP) is 4.27. The van der Waals surface area contributed by atoms with Crippen LogP contribution in [0.5, 0.6) is 5.75 Å². The van der Waals surface area contributed by atoms with Crippen molar-refractivity contribution in [1.82, 2.24) is 9.88 Å². The van der Waals surface area contributed by atoms with E-state index in [1.165, 1.54) is 31.4 Å². The van der Waals surface area contributed by atoms with Gasteiger partial charge in [0.05, 0.1) is 18.7 Å². The number of ether oxygens (including phenoxy) is 1. The zero-order valence-electron chi connectivity index (χ0n) is 20.5. The molecule has 34 heavy (non-hydrogen) atoms. The molecular weight excluding hydrogens is 446 g/mol. The number of hydrogen-bond donors (Lipinski definition) is 3. The number of aliphatic hydroxyl groups is 2. The molecule has 7 heteroatoms. The number of pyridine rings is 1. The number of methoxy groups -OCH3 is 1. The number of nitrogens with zero attached hydrogens (tertiary/aromatic N) is 2. The van der Waals surface area contributed by atoms with Gasteiger partial charge in [-0.3, -0.25) is 4.98 Å². The molecule has 2 heterocycles. The Hall–Kier alpha value is -1.38. The van der Waals surface area contributed by atoms with Crippen LogP contribution in [-0.4, -0.2) is 64.5 Å². The fourth-order valence-corrected chi connectivity index (χ4v) is 7.01. The second-order valence-electron chi connectivity index (χ2n) is 10.1. The monoisotopic (exact) mass is 487 g/mol. The Morgan fingerprint density at radius 3 is 2.71 bits per heavy atom. The molecule has 1 aromatic carbocycles. The van der Waals surface area contributed by atoms with Gasteiger partial charge in [-0.15, -0.1) is 0 Å². The number of likely N-dealkylation sites (tertiary alicyclic amines) is 1. The van der Waals surface area contributed by atoms with Gasteiger partial charge in [-0.05, 0) is 86.4 Å². The standard InChI is InChI=1S/C27H41N3O3S/c1-33-21-6-7-24-23(16-21)26(20(17-28)18-29-24)25(32)8-9-27(19-31)10-12-30(13-11-27)14-15-34-22-4-2-3-5-22/h6-7,16,18,22,25,31-32H,2-5,8-15,17,19,28H2,1H3/t25-/m1/s1. The highest BCUT2D eigenvalue weighted by Crippen LogP contribution is 2.40. The maximum atomic E-state index is 11.3. The number of aliphatic hydroxyl groups excluding tert-OH is 2. The Balaban J connectivity index is 1.36. The summed E-state index contributed by atoms with van der Waals surface area (Å²) in [5.74, 6) is 1.96. The van der Waals surface area contributed by atoms with Crippen LogP contribution in [0.25, 0.3) is 10.9 Å². The number of rotatable bonds is 11. The summed E-state index contributed by atoms with van der Waals surface area (Å²) in [6.07, 6.45) is 10.1. The maximum absolute atomic E-state index is 11.3. The first kappa shape index (κ1) is 25.7. The van der Waals surface area contributed by atoms with Crippen LogP contribution in [-0.2, 0) is 6.54 Å². The average Bonchev–Trinajstić information content (AvgIpc) is 3.40. The SMILES string of the molecule is COc1ccc2ncc(CN)c([C@H](O)CCC3(CO)CCN(CCSC4CCCC4)CC3)c2c1. The fourth-order valence-electron chi connectivity index (χ4n) is 5.65. The molecule has 1 aliphatic heterocycles. The number of nitrogens with two attached hydrogens (primary N) is 1. The Morgan fingerprint density at radius 2 is 2.03 bits per heavy atom. The van der Waals surface area contributed by atoms with Crippen molar-refractivity contribution < 1.29 is 14.9 Å². The summed E-state index contributed by atoms with van der Waals surface area (Å²) in [5, 5.41) is 23.4. The third kappa shape index (κ3) is 6.05. The number of thioether (sulfide) groups is 1. The van der Waals surface area contributed by atoms with Gasteiger partial charge in [0.15, 0.2) is 0 Å². The minimum atomic E-state index is -0.652. The van der Waals surface area contributed by atoms with Crippen molar-refractivity contribution >= 4 is 22.7 Å². The van der Waals surface area contributed by atoms with Crippen LogP contribution in [0, 0.1) is 5.41 Å². The summed E-state index contributed by atoms with van der Waals surface area (Å²) < 4.78 is 5.41. The lowest BCUT2D eigenvalue weighted by molar-refractivity contribution is 0.0253. The molecule has 1 saturated heterocycles. The highest BCUT2D eigenvalue weighted by molar-refractivity contribution is 7.99. The lowest BCUT2D eigenvalue weighted by Crippen LogP contribution is -2.43. The van der Waals surface area contributed by atoms with Crippen molar-refractivity contribution in [2.75, 3.05) is 39.1 Å². The number of aromatic nitrogens is 1. The summed E-state index contributed by atoms with van der Waals surface area (Å²) in [6, 6.07) is 5.74. The van der Waals surface area contributed by atoms with E-state index in [2.05, 4.69) is 21.6 Å². The Morgan fingerprint density at radius 1 is 1.26 bits per heavy atom. The number of fused-ring (bicyclic) bond motifs is 1. The summed E-state index contributed by atoms with van der Waals surface area (Å²) in [6.45, 7) is 3.72. The largest absolute Gasteiger partial charge is 0.497 e. The van der Waals surface area contributed by atoms with Crippen LogP contribution < -0.4 is 10.5 Å². The van der Waals surface area contributed by atoms with Gasteiger partial charge in [0, 0.05) is 42.3 Å². The minimum Gasteiger partial charge on any atom is -0.497 e. The van der Waals surface area contributed by atoms with E-state index < -0.39 is 6.10 Å². The molecule has 1 aromatic heterocycles. The molecule has 2 aromatic rings. The van der Waals surface area contributed by atoms with Crippen molar-refractivity contribution in [3.05, 3.63) is 35.5 Å². The molecule has 0 amide bonds. The van der Waals surface area contributed by atoms with Gasteiger partial charge < -0.3 is 25.6 Å². The Bertz CT molecular complexity index is 921. The lowest BCUT2D eigenvalue weighted by atomic mass is 9.74. The molecule has 1 saturated carbocycles. The molecule has 4 rings (SSSR count). The molecule has 2 aliphatic rings. The quantitative estimate of drug-likeness (QED) is 0.436. The van der Waals surface area contributed by atoms with Gasteiger partial charge in [0.1, 0.15) is 5.75 Å². The van der Waals surface area contributed by atoms with Gasteiger partial charge in [-0.2, -0.15) is 11.8 Å². The molecule has 0 spiro atoms. The first-order valence-electron chi connectivity index (χ1n) is 12.9. The zero-order chi connectivity index (χ0) is 24.0. The van der Waals surface area contributed by atoms with Crippen molar-refractivity contribution in [3.63, 3.8) is 0 Å². The van der Waals surface area contributed by atoms with E-state index in [4.69, 9.17) is 10.5 Å². The number of benzene rings is 1. The lowest BCUT2D eigenvalue weighted by Gasteiger charge is -2.41. The molecule has 6 nitrogen and oxygen atoms in total. The molecule has 4 N–H and O–H groups in total. The number of piperidine rings is 1. The van der Waals surface area contributed by atoms with Crippen LogP contribution in [0.4, 0.5) is 0 Å². The van der Waals surface area contributed by atoms with E-state index in [-0.39, 0.29) is 12.0 Å². The third-order valence-corrected chi connectivity index (χ3v) is 9.38. The zero-order valence-corrected chi connectivity index (χ0v) is 21.4. The van der Waals surface area contributed by atoms with E-state index in [0.717, 1.165) is 71.9 Å². The van der Waals surface area contributed by atoms with E-state index in [0.29, 0.717) is 13.0 Å². The average molecular weight is 488 g/mol. The fraction of sp³-hybridized carbons (Fsp3) is 0.667. The molecule has 0 radical (unpaired) electrons. The van der Waals surface area contributed by atoms with Crippen LogP contribution in [0.3, 0.4) is 0 Å². The molecule has 1 aliphatic carbocycles. The van der Waals surface area contributed by atoms with Crippen molar-refractivity contribution in [2.24, 2.45) is 11.1 Å². The second-order valence-corrected chi connectivity index (χ2v) is 11.5. The van der Waals surface area contributed by atoms with Gasteiger partial charge >= 0.3 is 0 Å². The molecule has 188 valence electrons. The van der Waals surface area contributed by atoms with E-state index >= 15 is 0 Å². The first-order valence-corrected chi connectivity index (χ1v) is 13.9. The van der Waals surface area contributed by atoms with Crippen LogP contribution in [0.1, 0.15) is 68.6 Å². The second kappa shape index (κ2) is 12.0. The highest BCUT2D eigenvalue weighted by Gasteiger charge is 2.34. The topological polar surface area (TPSA) is 91.8 Å². The highest BCUT2D eigenvalue weighted by atomic mass is 32.2. The molecular formula is C27H41N3O3S. The predicted molar refractivity (Wildman–Crippen MR) is 140 cm³/mol. The van der Waals surface area contributed by atoms with Gasteiger partial charge in [-0.25, -0.2) is 0 Å². The van der Waals surface area contributed by atoms with Gasteiger partial charge in [0.25, 0.3) is 0 Å². The smallest absolute Gasteiger partial charge is 0.119 e. The molecule has 0 bridgehead atoms. The molecule has 2 fully saturated rings. The Kier molecular flexibility index (Phi) is 9.10. The van der Waals surface area contributed by atoms with Gasteiger partial charge in [0.2, 0.25) is 0 Å². The third-order valence-electron chi connectivity index (χ3n) is 8.02. The minimum absolute atomic E-state index is 0.112. The van der Waals surface area contributed by atoms with Crippen LogP contribution >= 0.6 is 11.8 Å². The Labute approximate surface area is 208 Å². The first-order chi connectivity index (χ1) is 16.6. The number of hydrogen-bond acceptors (Lipinski definition) is 7. The summed E-state index contributed by atoms with van der Waals surface area (Å²) in [4.78, 5) is 7.07. The van der Waals surface area contributed by atoms with Crippen molar-refractivity contribution in [3.8, 4) is 5.75 Å². The summed E-state index contributed by atoms with van der Waals surface area (Å²) in [5.41, 5.74) is 8.43.